The van der Waals surface area contributed by atoms with Crippen molar-refractivity contribution >= 4 is 17.8 Å². The molecule has 0 aliphatic heterocycles. The molecule has 28 heavy (non-hydrogen) atoms. The van der Waals surface area contributed by atoms with Crippen molar-refractivity contribution < 1.29 is 19.1 Å². The van der Waals surface area contributed by atoms with Crippen molar-refractivity contribution in [2.45, 2.75) is 40.3 Å². The molecular formula is C22H26N2O4. The fourth-order valence-corrected chi connectivity index (χ4v) is 2.47. The van der Waals surface area contributed by atoms with Crippen molar-refractivity contribution in [3.05, 3.63) is 70.3 Å². The van der Waals surface area contributed by atoms with Gasteiger partial charge in [-0.05, 0) is 62.6 Å². The van der Waals surface area contributed by atoms with E-state index in [9.17, 15) is 14.4 Å². The number of hydrogen-bond acceptors (Lipinski definition) is 4. The van der Waals surface area contributed by atoms with Gasteiger partial charge >= 0.3 is 12.0 Å². The number of nitrogens with one attached hydrogen (secondary N) is 2. The molecule has 0 bridgehead atoms. The minimum atomic E-state index is -0.561. The number of ketones is 1. The molecule has 0 aliphatic rings. The summed E-state index contributed by atoms with van der Waals surface area (Å²) >= 11 is 0. The summed E-state index contributed by atoms with van der Waals surface area (Å²) in [5.41, 5.74) is 3.84. The number of Topliss-reactive ketones (excluding diaryl/α,β-unsaturated/α-hetero) is 1. The maximum absolute atomic E-state index is 12.2. The summed E-state index contributed by atoms with van der Waals surface area (Å²) in [6.07, 6.45) is 0. The standard InChI is InChI=1S/C22H26N2O4/c1-14(2)24-22(27)23-12-17-6-9-18(10-7-17)21(26)28-13-20(25)19-8-5-15(3)16(4)11-19/h5-11,14H,12-13H2,1-4H3,(H2,23,24,27). The van der Waals surface area contributed by atoms with Crippen molar-refractivity contribution in [1.29, 1.82) is 0 Å². The molecule has 0 radical (unpaired) electrons. The topological polar surface area (TPSA) is 84.5 Å². The van der Waals surface area contributed by atoms with Crippen LogP contribution >= 0.6 is 0 Å². The Morgan fingerprint density at radius 2 is 1.57 bits per heavy atom. The van der Waals surface area contributed by atoms with E-state index in [0.29, 0.717) is 17.7 Å². The first kappa shape index (κ1) is 21.2. The molecule has 6 nitrogen and oxygen atoms in total. The highest BCUT2D eigenvalue weighted by atomic mass is 16.5. The lowest BCUT2D eigenvalue weighted by Crippen LogP contribution is -2.39. The number of ether oxygens (including phenoxy) is 1. The second-order valence-corrected chi connectivity index (χ2v) is 6.98. The van der Waals surface area contributed by atoms with Gasteiger partial charge in [0.15, 0.2) is 12.4 Å². The number of carbonyl (C=O) groups excluding carboxylic acids is 3. The molecule has 0 heterocycles. The second kappa shape index (κ2) is 9.69. The molecule has 0 fully saturated rings. The van der Waals surface area contributed by atoms with Gasteiger partial charge in [-0.3, -0.25) is 4.79 Å². The summed E-state index contributed by atoms with van der Waals surface area (Å²) in [6.45, 7) is 7.70. The van der Waals surface area contributed by atoms with Crippen LogP contribution in [0.25, 0.3) is 0 Å². The molecule has 0 saturated heterocycles. The van der Waals surface area contributed by atoms with Gasteiger partial charge < -0.3 is 15.4 Å². The zero-order valence-corrected chi connectivity index (χ0v) is 16.7. The molecule has 0 spiro atoms. The number of carbonyl (C=O) groups is 3. The molecule has 0 unspecified atom stereocenters. The van der Waals surface area contributed by atoms with Gasteiger partial charge in [-0.15, -0.1) is 0 Å². The summed E-state index contributed by atoms with van der Waals surface area (Å²) in [6, 6.07) is 11.9. The largest absolute Gasteiger partial charge is 0.454 e. The first-order valence-electron chi connectivity index (χ1n) is 9.17. The highest BCUT2D eigenvalue weighted by Crippen LogP contribution is 2.11. The number of urea groups is 1. The van der Waals surface area contributed by atoms with Crippen molar-refractivity contribution in [3.63, 3.8) is 0 Å². The third-order valence-corrected chi connectivity index (χ3v) is 4.23. The van der Waals surface area contributed by atoms with Gasteiger partial charge in [-0.25, -0.2) is 9.59 Å². The van der Waals surface area contributed by atoms with E-state index >= 15 is 0 Å². The van der Waals surface area contributed by atoms with Crippen LogP contribution < -0.4 is 10.6 Å². The molecule has 6 heteroatoms. The minimum Gasteiger partial charge on any atom is -0.454 e. The monoisotopic (exact) mass is 382 g/mol. The predicted molar refractivity (Wildman–Crippen MR) is 107 cm³/mol. The van der Waals surface area contributed by atoms with E-state index in [4.69, 9.17) is 4.74 Å². The van der Waals surface area contributed by atoms with Gasteiger partial charge in [0, 0.05) is 18.2 Å². The number of rotatable bonds is 7. The van der Waals surface area contributed by atoms with E-state index in [1.807, 2.05) is 33.8 Å². The van der Waals surface area contributed by atoms with E-state index in [-0.39, 0.29) is 24.5 Å². The molecule has 2 N–H and O–H groups in total. The van der Waals surface area contributed by atoms with E-state index in [1.165, 1.54) is 0 Å². The lowest BCUT2D eigenvalue weighted by molar-refractivity contribution is 0.0474. The van der Waals surface area contributed by atoms with E-state index < -0.39 is 5.97 Å². The Labute approximate surface area is 165 Å². The number of benzene rings is 2. The third kappa shape index (κ3) is 6.23. The number of hydrogen-bond donors (Lipinski definition) is 2. The van der Waals surface area contributed by atoms with E-state index in [1.54, 1.807) is 36.4 Å². The highest BCUT2D eigenvalue weighted by Gasteiger charge is 2.12. The van der Waals surface area contributed by atoms with Crippen LogP contribution in [0, 0.1) is 13.8 Å². The minimum absolute atomic E-state index is 0.0590. The Balaban J connectivity index is 1.86. The van der Waals surface area contributed by atoms with Crippen LogP contribution in [0.4, 0.5) is 4.79 Å². The number of esters is 1. The van der Waals surface area contributed by atoms with Gasteiger partial charge in [0.2, 0.25) is 0 Å². The average Bonchev–Trinajstić information content (AvgIpc) is 2.66. The summed E-state index contributed by atoms with van der Waals surface area (Å²) in [4.78, 5) is 35.9. The van der Waals surface area contributed by atoms with Crippen molar-refractivity contribution in [2.75, 3.05) is 6.61 Å². The number of aryl methyl sites for hydroxylation is 2. The lowest BCUT2D eigenvalue weighted by Gasteiger charge is -2.10. The van der Waals surface area contributed by atoms with Crippen LogP contribution in [0.2, 0.25) is 0 Å². The Morgan fingerprint density at radius 1 is 0.929 bits per heavy atom. The van der Waals surface area contributed by atoms with Crippen LogP contribution in [-0.2, 0) is 11.3 Å². The maximum Gasteiger partial charge on any atom is 0.338 e. The van der Waals surface area contributed by atoms with Gasteiger partial charge in [-0.2, -0.15) is 0 Å². The van der Waals surface area contributed by atoms with Crippen molar-refractivity contribution in [1.82, 2.24) is 10.6 Å². The molecule has 2 aromatic rings. The zero-order valence-electron chi connectivity index (χ0n) is 16.7. The van der Waals surface area contributed by atoms with Crippen LogP contribution in [0.3, 0.4) is 0 Å². The zero-order chi connectivity index (χ0) is 20.7. The Bertz CT molecular complexity index is 857. The van der Waals surface area contributed by atoms with Crippen LogP contribution in [0.15, 0.2) is 42.5 Å². The molecule has 2 rings (SSSR count). The van der Waals surface area contributed by atoms with Gasteiger partial charge in [0.25, 0.3) is 0 Å². The normalized spacial score (nSPS) is 10.5. The maximum atomic E-state index is 12.2. The van der Waals surface area contributed by atoms with Crippen molar-refractivity contribution in [3.8, 4) is 0 Å². The number of amides is 2. The molecule has 2 amide bonds. The summed E-state index contributed by atoms with van der Waals surface area (Å²) in [7, 11) is 0. The van der Waals surface area contributed by atoms with Gasteiger partial charge in [-0.1, -0.05) is 24.3 Å². The van der Waals surface area contributed by atoms with Gasteiger partial charge in [0.1, 0.15) is 0 Å². The predicted octanol–water partition coefficient (Wildman–Crippen LogP) is 3.55. The quantitative estimate of drug-likeness (QED) is 0.566. The van der Waals surface area contributed by atoms with Crippen LogP contribution in [0.5, 0.6) is 0 Å². The molecular weight excluding hydrogens is 356 g/mol. The molecule has 148 valence electrons. The van der Waals surface area contributed by atoms with Crippen molar-refractivity contribution in [2.24, 2.45) is 0 Å². The highest BCUT2D eigenvalue weighted by molar-refractivity contribution is 5.99. The first-order valence-corrected chi connectivity index (χ1v) is 9.17. The lowest BCUT2D eigenvalue weighted by atomic mass is 10.0. The Kier molecular flexibility index (Phi) is 7.32. The summed E-state index contributed by atoms with van der Waals surface area (Å²) in [5, 5.41) is 5.47. The SMILES string of the molecule is Cc1ccc(C(=O)COC(=O)c2ccc(CNC(=O)NC(C)C)cc2)cc1C. The smallest absolute Gasteiger partial charge is 0.338 e. The van der Waals surface area contributed by atoms with Gasteiger partial charge in [0.05, 0.1) is 5.56 Å². The van der Waals surface area contributed by atoms with Crippen LogP contribution in [-0.4, -0.2) is 30.4 Å². The molecule has 0 atom stereocenters. The second-order valence-electron chi connectivity index (χ2n) is 6.98. The summed E-state index contributed by atoms with van der Waals surface area (Å²) < 4.78 is 5.13. The average molecular weight is 382 g/mol. The third-order valence-electron chi connectivity index (χ3n) is 4.23. The van der Waals surface area contributed by atoms with Crippen LogP contribution in [0.1, 0.15) is 51.3 Å². The fourth-order valence-electron chi connectivity index (χ4n) is 2.47. The summed E-state index contributed by atoms with van der Waals surface area (Å²) in [5.74, 6) is -0.803. The molecule has 0 aromatic heterocycles. The molecule has 2 aromatic carbocycles. The Hall–Kier alpha value is -3.15. The fraction of sp³-hybridized carbons (Fsp3) is 0.318. The Morgan fingerprint density at radius 3 is 2.18 bits per heavy atom. The van der Waals surface area contributed by atoms with E-state index in [0.717, 1.165) is 16.7 Å². The molecule has 0 aliphatic carbocycles. The first-order chi connectivity index (χ1) is 13.3. The van der Waals surface area contributed by atoms with E-state index in [2.05, 4.69) is 10.6 Å². The molecule has 0 saturated carbocycles.